The van der Waals surface area contributed by atoms with E-state index in [1.165, 1.54) is 0 Å². The number of carbonyl (C=O) groups is 3. The first-order valence-corrected chi connectivity index (χ1v) is 9.44. The predicted molar refractivity (Wildman–Crippen MR) is 102 cm³/mol. The topological polar surface area (TPSA) is 91.0 Å². The third kappa shape index (κ3) is 8.27. The molecule has 0 atom stereocenters. The number of aryl methyl sites for hydroxylation is 1. The van der Waals surface area contributed by atoms with Crippen LogP contribution in [0, 0.1) is 0 Å². The second-order valence-electron chi connectivity index (χ2n) is 6.85. The van der Waals surface area contributed by atoms with Gasteiger partial charge in [-0.15, -0.1) is 0 Å². The van der Waals surface area contributed by atoms with E-state index < -0.39 is 24.7 Å². The van der Waals surface area contributed by atoms with Crippen LogP contribution in [-0.2, 0) is 16.0 Å². The number of rotatable bonds is 7. The van der Waals surface area contributed by atoms with Crippen LogP contribution < -0.4 is 15.4 Å². The highest BCUT2D eigenvalue weighted by Crippen LogP contribution is 2.14. The molecule has 2 rings (SSSR count). The number of hydrogen-bond acceptors (Lipinski definition) is 5. The Morgan fingerprint density at radius 3 is 2.27 bits per heavy atom. The van der Waals surface area contributed by atoms with Crippen LogP contribution in [-0.4, -0.2) is 80.2 Å². The summed E-state index contributed by atoms with van der Waals surface area (Å²) in [6, 6.07) is 6.31. The zero-order valence-electron chi connectivity index (χ0n) is 16.6. The van der Waals surface area contributed by atoms with Crippen molar-refractivity contribution in [3.8, 4) is 5.75 Å². The Kier molecular flexibility index (Phi) is 8.46. The molecule has 1 saturated heterocycles. The second-order valence-corrected chi connectivity index (χ2v) is 6.85. The number of hydrogen-bond donors (Lipinski definition) is 2. The van der Waals surface area contributed by atoms with E-state index in [-0.39, 0.29) is 12.5 Å². The summed E-state index contributed by atoms with van der Waals surface area (Å²) in [5.74, 6) is 0.0680. The van der Waals surface area contributed by atoms with Crippen LogP contribution in [0.1, 0.15) is 12.0 Å². The maximum Gasteiger partial charge on any atom is 0.405 e. The number of ether oxygens (including phenoxy) is 1. The molecule has 1 heterocycles. The zero-order valence-corrected chi connectivity index (χ0v) is 16.6. The van der Waals surface area contributed by atoms with Gasteiger partial charge in [0, 0.05) is 32.6 Å². The van der Waals surface area contributed by atoms with Crippen LogP contribution >= 0.6 is 0 Å². The van der Waals surface area contributed by atoms with Gasteiger partial charge in [0.2, 0.25) is 11.8 Å². The van der Waals surface area contributed by atoms with Gasteiger partial charge in [0.15, 0.2) is 0 Å². The molecule has 1 aliphatic rings. The SMILES string of the molecule is COc1ccc(CCC(=O)N2CCN(CC(=O)NC(=O)NCC(F)(F)F)CC2)cc1. The van der Waals surface area contributed by atoms with E-state index in [9.17, 15) is 27.6 Å². The van der Waals surface area contributed by atoms with Crippen molar-refractivity contribution in [2.45, 2.75) is 19.0 Å². The van der Waals surface area contributed by atoms with E-state index in [4.69, 9.17) is 4.74 Å². The van der Waals surface area contributed by atoms with Gasteiger partial charge < -0.3 is 15.0 Å². The van der Waals surface area contributed by atoms with Crippen molar-refractivity contribution < 1.29 is 32.3 Å². The smallest absolute Gasteiger partial charge is 0.405 e. The lowest BCUT2D eigenvalue weighted by Crippen LogP contribution is -2.52. The molecule has 8 nitrogen and oxygen atoms in total. The van der Waals surface area contributed by atoms with E-state index in [0.29, 0.717) is 39.0 Å². The largest absolute Gasteiger partial charge is 0.497 e. The minimum Gasteiger partial charge on any atom is -0.497 e. The number of piperazine rings is 1. The first kappa shape index (κ1) is 23.5. The highest BCUT2D eigenvalue weighted by atomic mass is 19.4. The zero-order chi connectivity index (χ0) is 22.1. The van der Waals surface area contributed by atoms with Crippen molar-refractivity contribution in [3.63, 3.8) is 0 Å². The first-order chi connectivity index (χ1) is 14.2. The Morgan fingerprint density at radius 1 is 1.07 bits per heavy atom. The monoisotopic (exact) mass is 430 g/mol. The van der Waals surface area contributed by atoms with E-state index in [2.05, 4.69) is 0 Å². The molecule has 2 N–H and O–H groups in total. The summed E-state index contributed by atoms with van der Waals surface area (Å²) in [7, 11) is 1.59. The highest BCUT2D eigenvalue weighted by molar-refractivity contribution is 5.95. The molecule has 0 saturated carbocycles. The molecule has 0 aliphatic carbocycles. The van der Waals surface area contributed by atoms with E-state index in [1.54, 1.807) is 22.2 Å². The lowest BCUT2D eigenvalue weighted by atomic mass is 10.1. The first-order valence-electron chi connectivity index (χ1n) is 9.44. The number of halogens is 3. The average molecular weight is 430 g/mol. The van der Waals surface area contributed by atoms with Gasteiger partial charge in [0.25, 0.3) is 0 Å². The third-order valence-electron chi connectivity index (χ3n) is 4.58. The summed E-state index contributed by atoms with van der Waals surface area (Å²) in [5, 5.41) is 3.43. The normalized spacial score (nSPS) is 14.9. The summed E-state index contributed by atoms with van der Waals surface area (Å²) in [6.45, 7) is 0.110. The van der Waals surface area contributed by atoms with Crippen LogP contribution in [0.25, 0.3) is 0 Å². The van der Waals surface area contributed by atoms with Gasteiger partial charge in [-0.3, -0.25) is 19.8 Å². The quantitative estimate of drug-likeness (QED) is 0.678. The van der Waals surface area contributed by atoms with Crippen LogP contribution in [0.15, 0.2) is 24.3 Å². The van der Waals surface area contributed by atoms with Crippen molar-refractivity contribution in [1.82, 2.24) is 20.4 Å². The Hall–Kier alpha value is -2.82. The highest BCUT2D eigenvalue weighted by Gasteiger charge is 2.28. The maximum absolute atomic E-state index is 12.4. The van der Waals surface area contributed by atoms with E-state index in [0.717, 1.165) is 11.3 Å². The number of nitrogens with one attached hydrogen (secondary N) is 2. The predicted octanol–water partition coefficient (Wildman–Crippen LogP) is 1.16. The lowest BCUT2D eigenvalue weighted by molar-refractivity contribution is -0.133. The summed E-state index contributed by atoms with van der Waals surface area (Å²) >= 11 is 0. The molecule has 0 unspecified atom stereocenters. The Bertz CT molecular complexity index is 732. The average Bonchev–Trinajstić information content (AvgIpc) is 2.71. The molecular weight excluding hydrogens is 405 g/mol. The molecule has 0 bridgehead atoms. The second kappa shape index (κ2) is 10.8. The number of amides is 4. The number of alkyl halides is 3. The van der Waals surface area contributed by atoms with Crippen molar-refractivity contribution >= 4 is 17.8 Å². The summed E-state index contributed by atoms with van der Waals surface area (Å²) in [4.78, 5) is 38.9. The number of urea groups is 1. The minimum absolute atomic E-state index is 0.0152. The molecule has 1 fully saturated rings. The van der Waals surface area contributed by atoms with Crippen LogP contribution in [0.4, 0.5) is 18.0 Å². The fourth-order valence-corrected chi connectivity index (χ4v) is 2.95. The standard InChI is InChI=1S/C19H25F3N4O4/c1-30-15-5-2-14(3-6-15)4-7-17(28)26-10-8-25(9-11-26)12-16(27)24-18(29)23-13-19(20,21)22/h2-3,5-6H,4,7-13H2,1H3,(H2,23,24,27,29). The Labute approximate surface area is 172 Å². The fraction of sp³-hybridized carbons (Fsp3) is 0.526. The van der Waals surface area contributed by atoms with E-state index >= 15 is 0 Å². The fourth-order valence-electron chi connectivity index (χ4n) is 2.95. The van der Waals surface area contributed by atoms with Gasteiger partial charge in [0.1, 0.15) is 12.3 Å². The summed E-state index contributed by atoms with van der Waals surface area (Å²) < 4.78 is 41.2. The van der Waals surface area contributed by atoms with Crippen molar-refractivity contribution in [1.29, 1.82) is 0 Å². The van der Waals surface area contributed by atoms with Crippen LogP contribution in [0.3, 0.4) is 0 Å². The Balaban J connectivity index is 1.66. The van der Waals surface area contributed by atoms with Crippen molar-refractivity contribution in [2.75, 3.05) is 46.4 Å². The minimum atomic E-state index is -4.55. The summed E-state index contributed by atoms with van der Waals surface area (Å²) in [5.41, 5.74) is 1.03. The molecule has 0 aromatic heterocycles. The number of benzene rings is 1. The molecule has 1 aromatic carbocycles. The third-order valence-corrected chi connectivity index (χ3v) is 4.58. The number of methoxy groups -OCH3 is 1. The molecule has 166 valence electrons. The molecular formula is C19H25F3N4O4. The van der Waals surface area contributed by atoms with Gasteiger partial charge in [-0.05, 0) is 24.1 Å². The van der Waals surface area contributed by atoms with Gasteiger partial charge in [-0.2, -0.15) is 13.2 Å². The van der Waals surface area contributed by atoms with Crippen LogP contribution in [0.5, 0.6) is 5.75 Å². The van der Waals surface area contributed by atoms with Gasteiger partial charge in [-0.1, -0.05) is 12.1 Å². The van der Waals surface area contributed by atoms with Gasteiger partial charge >= 0.3 is 12.2 Å². The van der Waals surface area contributed by atoms with Crippen molar-refractivity contribution in [3.05, 3.63) is 29.8 Å². The molecule has 1 aliphatic heterocycles. The summed E-state index contributed by atoms with van der Waals surface area (Å²) in [6.07, 6.45) is -3.57. The van der Waals surface area contributed by atoms with Gasteiger partial charge in [-0.25, -0.2) is 4.79 Å². The molecule has 30 heavy (non-hydrogen) atoms. The van der Waals surface area contributed by atoms with E-state index in [1.807, 2.05) is 29.6 Å². The molecule has 0 spiro atoms. The molecule has 11 heteroatoms. The molecule has 1 aromatic rings. The molecule has 4 amide bonds. The lowest BCUT2D eigenvalue weighted by Gasteiger charge is -2.34. The Morgan fingerprint density at radius 2 is 1.70 bits per heavy atom. The van der Waals surface area contributed by atoms with Crippen molar-refractivity contribution in [2.24, 2.45) is 0 Å². The number of nitrogens with zero attached hydrogens (tertiary/aromatic N) is 2. The molecule has 0 radical (unpaired) electrons. The van der Waals surface area contributed by atoms with Gasteiger partial charge in [0.05, 0.1) is 13.7 Å². The number of carbonyl (C=O) groups excluding carboxylic acids is 3. The van der Waals surface area contributed by atoms with Crippen LogP contribution in [0.2, 0.25) is 0 Å². The maximum atomic E-state index is 12.4. The number of imide groups is 1.